The first-order valence-corrected chi connectivity index (χ1v) is 27.0. The summed E-state index contributed by atoms with van der Waals surface area (Å²) in [6.07, 6.45) is 8.85. The molecule has 89 heavy (non-hydrogen) atoms. The Kier molecular flexibility index (Phi) is 46.3. The third-order valence-electron chi connectivity index (χ3n) is 11.5. The van der Waals surface area contributed by atoms with Crippen LogP contribution in [0.2, 0.25) is 15.1 Å². The summed E-state index contributed by atoms with van der Waals surface area (Å²) < 4.78 is 26.8. The van der Waals surface area contributed by atoms with E-state index in [0.29, 0.717) is 48.8 Å². The molecular formula is C65H78BrCl3K2N6O12. The smallest absolute Gasteiger partial charge is 1.00 e. The first-order valence-electron chi connectivity index (χ1n) is 25.0. The molecule has 0 aliphatic heterocycles. The summed E-state index contributed by atoms with van der Waals surface area (Å²) >= 11 is 21.4. The Bertz CT molecular complexity index is 3460. The number of hydrogen-bond donors (Lipinski definition) is 2. The monoisotopic (exact) mass is 1400 g/mol. The Morgan fingerprint density at radius 2 is 0.876 bits per heavy atom. The molecule has 470 valence electrons. The van der Waals surface area contributed by atoms with E-state index in [1.54, 1.807) is 107 Å². The number of aryl methyl sites for hydroxylation is 3. The van der Waals surface area contributed by atoms with E-state index in [9.17, 15) is 24.6 Å². The van der Waals surface area contributed by atoms with E-state index in [1.165, 1.54) is 14.2 Å². The Morgan fingerprint density at radius 1 is 0.551 bits per heavy atom. The van der Waals surface area contributed by atoms with Crippen LogP contribution in [0, 0.1) is 0 Å². The van der Waals surface area contributed by atoms with E-state index in [-0.39, 0.29) is 164 Å². The number of carboxylic acids is 1. The Balaban J connectivity index is -0.000000540. The number of carbonyl (C=O) groups is 4. The van der Waals surface area contributed by atoms with Gasteiger partial charge in [-0.15, -0.1) is 0 Å². The van der Waals surface area contributed by atoms with Gasteiger partial charge in [-0.2, -0.15) is 15.3 Å². The summed E-state index contributed by atoms with van der Waals surface area (Å²) in [5.74, 6) is -0.616. The van der Waals surface area contributed by atoms with Crippen LogP contribution in [0.5, 0.6) is 17.2 Å². The molecule has 0 fully saturated rings. The van der Waals surface area contributed by atoms with Gasteiger partial charge in [0, 0.05) is 97.8 Å². The number of alkyl halides is 1. The predicted octanol–water partition coefficient (Wildman–Crippen LogP) is 9.90. The molecule has 3 atom stereocenters. The van der Waals surface area contributed by atoms with Crippen molar-refractivity contribution in [2.75, 3.05) is 14.2 Å². The summed E-state index contributed by atoms with van der Waals surface area (Å²) in [5, 5.41) is 42.1. The maximum atomic E-state index is 12.3. The SMILES string of the molecule is C.C.C.C.C.CCn1cc(-c2cc(Cl)ccc2O)cn1.CCn1cc(-c2cc(Cl)ccc2OC(C(=O)O)c2ccccc2)cn1.CCn1cc(-c2cc(Cl)ccc2OC(C(=O)OC)c2ccccc2)cn1.COC(=O)C(Br)c1ccccc1.O=CO[O-].[H-].[K+].[K+]. The van der Waals surface area contributed by atoms with Crippen LogP contribution >= 0.6 is 50.7 Å². The van der Waals surface area contributed by atoms with E-state index >= 15 is 0 Å². The summed E-state index contributed by atoms with van der Waals surface area (Å²) in [5.41, 5.74) is 6.92. The van der Waals surface area contributed by atoms with Crippen LogP contribution in [-0.4, -0.2) is 78.2 Å². The number of phenolic OH excluding ortho intramolecular Hbond substituents is 1. The average molecular weight is 1400 g/mol. The molecule has 0 saturated carbocycles. The van der Waals surface area contributed by atoms with Gasteiger partial charge in [0.05, 0.1) is 32.8 Å². The number of aromatic hydroxyl groups is 1. The number of hydrogen-bond acceptors (Lipinski definition) is 14. The number of halogens is 4. The van der Waals surface area contributed by atoms with Crippen molar-refractivity contribution in [1.82, 2.24) is 29.3 Å². The van der Waals surface area contributed by atoms with E-state index in [4.69, 9.17) is 59.1 Å². The van der Waals surface area contributed by atoms with Crippen molar-refractivity contribution in [3.05, 3.63) is 215 Å². The minimum atomic E-state index is -1.11. The zero-order valence-corrected chi connectivity index (χ0v) is 57.0. The van der Waals surface area contributed by atoms with Crippen molar-refractivity contribution < 1.29 is 163 Å². The van der Waals surface area contributed by atoms with Crippen LogP contribution in [0.15, 0.2) is 183 Å². The van der Waals surface area contributed by atoms with Gasteiger partial charge < -0.3 is 40.7 Å². The van der Waals surface area contributed by atoms with Crippen molar-refractivity contribution in [3.63, 3.8) is 0 Å². The molecule has 24 heteroatoms. The fourth-order valence-corrected chi connectivity index (χ4v) is 8.43. The number of aromatic nitrogens is 6. The largest absolute Gasteiger partial charge is 1.00 e. The molecular weight excluding hydrogens is 1320 g/mol. The maximum Gasteiger partial charge on any atom is 1.00 e. The van der Waals surface area contributed by atoms with Crippen molar-refractivity contribution >= 4 is 75.1 Å². The molecule has 0 aliphatic carbocycles. The van der Waals surface area contributed by atoms with Gasteiger partial charge in [-0.25, -0.2) is 9.59 Å². The molecule has 0 amide bonds. The average Bonchev–Trinajstić information content (AvgIpc) is 1.75. The molecule has 0 spiro atoms. The van der Waals surface area contributed by atoms with Gasteiger partial charge in [0.1, 0.15) is 22.1 Å². The van der Waals surface area contributed by atoms with Crippen molar-refractivity contribution in [3.8, 4) is 50.6 Å². The molecule has 0 aliphatic rings. The number of phenols is 1. The van der Waals surface area contributed by atoms with Gasteiger partial charge in [-0.1, -0.05) is 179 Å². The van der Waals surface area contributed by atoms with Crippen molar-refractivity contribution in [2.24, 2.45) is 0 Å². The third kappa shape index (κ3) is 27.7. The first-order chi connectivity index (χ1) is 39.6. The quantitative estimate of drug-likeness (QED) is 0.0216. The molecule has 3 aromatic heterocycles. The van der Waals surface area contributed by atoms with Crippen LogP contribution in [0.4, 0.5) is 0 Å². The molecule has 9 aromatic rings. The van der Waals surface area contributed by atoms with Gasteiger partial charge in [0.25, 0.3) is 6.47 Å². The predicted molar refractivity (Wildman–Crippen MR) is 348 cm³/mol. The van der Waals surface area contributed by atoms with Gasteiger partial charge in [0.15, 0.2) is 0 Å². The van der Waals surface area contributed by atoms with Crippen LogP contribution in [0.1, 0.15) is 93.1 Å². The van der Waals surface area contributed by atoms with Gasteiger partial charge in [-0.05, 0) is 80.9 Å². The fraction of sp³-hybridized carbons (Fsp3) is 0.246. The van der Waals surface area contributed by atoms with Gasteiger partial charge in [-0.3, -0.25) is 23.6 Å². The minimum absolute atomic E-state index is 0. The first kappa shape index (κ1) is 88.0. The van der Waals surface area contributed by atoms with E-state index in [2.05, 4.69) is 40.9 Å². The second-order valence-corrected chi connectivity index (χ2v) is 19.1. The molecule has 0 saturated heterocycles. The molecule has 18 nitrogen and oxygen atoms in total. The molecule has 3 heterocycles. The van der Waals surface area contributed by atoms with Crippen LogP contribution in [-0.2, 0) is 53.2 Å². The summed E-state index contributed by atoms with van der Waals surface area (Å²) in [4.78, 5) is 45.9. The number of aliphatic carboxylic acids is 1. The molecule has 9 rings (SSSR count). The zero-order chi connectivity index (χ0) is 59.6. The number of ether oxygens (including phenoxy) is 4. The normalized spacial score (nSPS) is 10.4. The van der Waals surface area contributed by atoms with Crippen molar-refractivity contribution in [1.29, 1.82) is 0 Å². The topological polar surface area (TPSA) is 231 Å². The van der Waals surface area contributed by atoms with E-state index in [0.717, 1.165) is 47.5 Å². The Morgan fingerprint density at radius 3 is 1.21 bits per heavy atom. The summed E-state index contributed by atoms with van der Waals surface area (Å²) in [6, 6.07) is 42.8. The molecule has 0 bridgehead atoms. The summed E-state index contributed by atoms with van der Waals surface area (Å²) in [7, 11) is 2.72. The van der Waals surface area contributed by atoms with E-state index in [1.807, 2.05) is 111 Å². The third-order valence-corrected chi connectivity index (χ3v) is 13.1. The number of carbonyl (C=O) groups excluding carboxylic acids is 3. The Labute approximate surface area is 633 Å². The fourth-order valence-electron chi connectivity index (χ4n) is 7.42. The van der Waals surface area contributed by atoms with Crippen LogP contribution < -0.4 is 118 Å². The van der Waals surface area contributed by atoms with Gasteiger partial charge in [0.2, 0.25) is 12.2 Å². The summed E-state index contributed by atoms with van der Waals surface area (Å²) in [6.45, 7) is 8.12. The number of nitrogens with zero attached hydrogens (tertiary/aromatic N) is 6. The van der Waals surface area contributed by atoms with Crippen LogP contribution in [0.3, 0.4) is 0 Å². The second-order valence-electron chi connectivity index (χ2n) is 16.9. The number of benzene rings is 6. The van der Waals surface area contributed by atoms with Crippen LogP contribution in [0.25, 0.3) is 33.4 Å². The maximum absolute atomic E-state index is 12.3. The molecule has 3 unspecified atom stereocenters. The number of methoxy groups -OCH3 is 2. The Hall–Kier alpha value is -5.19. The molecule has 2 N–H and O–H groups in total. The second kappa shape index (κ2) is 46.8. The zero-order valence-electron chi connectivity index (χ0n) is 47.9. The van der Waals surface area contributed by atoms with Gasteiger partial charge >= 0.3 is 121 Å². The van der Waals surface area contributed by atoms with Crippen molar-refractivity contribution in [2.45, 2.75) is 94.6 Å². The molecule has 6 aromatic carbocycles. The number of esters is 2. The number of rotatable bonds is 17. The number of carboxylic acid groups (broad SMARTS) is 1. The molecule has 0 radical (unpaired) electrons. The minimum Gasteiger partial charge on any atom is -1.00 e. The van der Waals surface area contributed by atoms with E-state index < -0.39 is 24.1 Å². The standard InChI is InChI=1S/C20H19ClN2O3.C19H17ClN2O3.C11H11ClN2O.C9H9BrO2.CH2O3.5CH4.2K.H/c1-3-23-13-15(12-22-23)17-11-16(21)9-10-18(17)26-19(20(24)25-2)14-7-5-4-6-8-14;1-2-22-12-14(11-21-22)16-10-15(20)8-9-17(16)25-18(19(23)24)13-6-4-3-5-7-13;1-2-14-7-8(6-13-14)10-5-9(12)3-4-11(10)15;1-12-9(11)8(10)7-5-3-2-4-6-7;2-1-4-3;;;;;;;;/h4-13,19H,3H2,1-2H3;3-12,18H,2H2,1H3,(H,23,24);3-7,15H,2H2,1H3;2-6,8H,1H3;1,3H;5*1H4;;;/q;;;;;;;;;;2*+1;-1/p-1.